The van der Waals surface area contributed by atoms with Crippen molar-refractivity contribution < 1.29 is 14.6 Å². The first-order valence-corrected chi connectivity index (χ1v) is 6.42. The van der Waals surface area contributed by atoms with E-state index in [9.17, 15) is 5.11 Å². The van der Waals surface area contributed by atoms with Gasteiger partial charge in [0.15, 0.2) is 5.96 Å². The van der Waals surface area contributed by atoms with Gasteiger partial charge in [-0.1, -0.05) is 0 Å². The van der Waals surface area contributed by atoms with Crippen LogP contribution in [-0.2, 0) is 11.3 Å². The van der Waals surface area contributed by atoms with Crippen molar-refractivity contribution in [2.45, 2.75) is 19.5 Å². The summed E-state index contributed by atoms with van der Waals surface area (Å²) in [5.41, 5.74) is 0.742. The van der Waals surface area contributed by atoms with Crippen molar-refractivity contribution in [3.63, 3.8) is 0 Å². The smallest absolute Gasteiger partial charge is 0.191 e. The number of nitrogens with one attached hydrogen (secondary N) is 2. The van der Waals surface area contributed by atoms with Gasteiger partial charge in [-0.2, -0.15) is 0 Å². The molecule has 1 atom stereocenters. The number of rotatable bonds is 6. The maximum absolute atomic E-state index is 9.81. The molecule has 0 saturated carbocycles. The van der Waals surface area contributed by atoms with Crippen molar-refractivity contribution in [1.29, 1.82) is 0 Å². The van der Waals surface area contributed by atoms with E-state index in [2.05, 4.69) is 15.6 Å². The number of methoxy groups -OCH3 is 2. The van der Waals surface area contributed by atoms with E-state index in [0.29, 0.717) is 24.9 Å². The van der Waals surface area contributed by atoms with E-state index >= 15 is 0 Å². The van der Waals surface area contributed by atoms with Crippen LogP contribution in [-0.4, -0.2) is 45.0 Å². The van der Waals surface area contributed by atoms with Crippen LogP contribution in [0.1, 0.15) is 12.5 Å². The largest absolute Gasteiger partial charge is 0.508 e. The van der Waals surface area contributed by atoms with E-state index in [0.717, 1.165) is 5.56 Å². The monoisotopic (exact) mass is 281 g/mol. The molecule has 0 spiro atoms. The second kappa shape index (κ2) is 8.27. The average molecular weight is 281 g/mol. The molecule has 1 rings (SSSR count). The summed E-state index contributed by atoms with van der Waals surface area (Å²) in [5, 5.41) is 16.1. The van der Waals surface area contributed by atoms with E-state index in [1.165, 1.54) is 0 Å². The molecule has 0 fully saturated rings. The van der Waals surface area contributed by atoms with Crippen LogP contribution in [0.2, 0.25) is 0 Å². The van der Waals surface area contributed by atoms with Crippen LogP contribution in [0.5, 0.6) is 11.5 Å². The number of ether oxygens (including phenoxy) is 2. The second-order valence-corrected chi connectivity index (χ2v) is 4.42. The molecule has 0 saturated heterocycles. The average Bonchev–Trinajstić information content (AvgIpc) is 2.45. The van der Waals surface area contributed by atoms with Gasteiger partial charge in [0.1, 0.15) is 11.5 Å². The number of hydrogen-bond donors (Lipinski definition) is 3. The molecule has 3 N–H and O–H groups in total. The van der Waals surface area contributed by atoms with Crippen molar-refractivity contribution in [1.82, 2.24) is 10.6 Å². The van der Waals surface area contributed by atoms with Crippen LogP contribution >= 0.6 is 0 Å². The van der Waals surface area contributed by atoms with Crippen LogP contribution in [0.25, 0.3) is 0 Å². The predicted octanol–water partition coefficient (Wildman–Crippen LogP) is 1.10. The highest BCUT2D eigenvalue weighted by atomic mass is 16.5. The van der Waals surface area contributed by atoms with Gasteiger partial charge in [-0.3, -0.25) is 4.99 Å². The third kappa shape index (κ3) is 4.97. The van der Waals surface area contributed by atoms with Crippen molar-refractivity contribution in [2.24, 2.45) is 4.99 Å². The number of phenols is 1. The lowest BCUT2D eigenvalue weighted by Gasteiger charge is -2.17. The summed E-state index contributed by atoms with van der Waals surface area (Å²) in [5.74, 6) is 1.57. The van der Waals surface area contributed by atoms with Crippen LogP contribution < -0.4 is 15.4 Å². The van der Waals surface area contributed by atoms with E-state index < -0.39 is 0 Å². The molecule has 0 bridgehead atoms. The molecule has 0 amide bonds. The number of aliphatic imine (C=N–C) groups is 1. The van der Waals surface area contributed by atoms with Gasteiger partial charge in [0.25, 0.3) is 0 Å². The third-order valence-corrected chi connectivity index (χ3v) is 2.76. The molecular weight excluding hydrogens is 258 g/mol. The first kappa shape index (κ1) is 16.1. The first-order chi connectivity index (χ1) is 9.60. The Bertz CT molecular complexity index is 449. The maximum Gasteiger partial charge on any atom is 0.191 e. The highest BCUT2D eigenvalue weighted by Gasteiger charge is 2.07. The molecule has 112 valence electrons. The van der Waals surface area contributed by atoms with Gasteiger partial charge in [-0.25, -0.2) is 0 Å². The second-order valence-electron chi connectivity index (χ2n) is 4.42. The predicted molar refractivity (Wildman–Crippen MR) is 79.3 cm³/mol. The third-order valence-electron chi connectivity index (χ3n) is 2.76. The number of phenolic OH excluding ortho intramolecular Hbond substituents is 1. The van der Waals surface area contributed by atoms with Crippen LogP contribution in [0.3, 0.4) is 0 Å². The fraction of sp³-hybridized carbons (Fsp3) is 0.500. The number of hydrogen-bond acceptors (Lipinski definition) is 4. The minimum absolute atomic E-state index is 0.144. The standard InChI is InChI=1S/C14H23N3O3/c1-10(9-19-3)17-14(15-2)16-8-11-7-12(20-4)5-6-13(11)18/h5-7,10,18H,8-9H2,1-4H3,(H2,15,16,17). The molecule has 0 aromatic heterocycles. The van der Waals surface area contributed by atoms with E-state index in [1.807, 2.05) is 6.92 Å². The quantitative estimate of drug-likeness (QED) is 0.538. The molecule has 0 aliphatic heterocycles. The van der Waals surface area contributed by atoms with E-state index in [-0.39, 0.29) is 11.8 Å². The molecular formula is C14H23N3O3. The zero-order valence-electron chi connectivity index (χ0n) is 12.4. The summed E-state index contributed by atoms with van der Waals surface area (Å²) in [6, 6.07) is 5.26. The van der Waals surface area contributed by atoms with Gasteiger partial charge in [-0.05, 0) is 25.1 Å². The van der Waals surface area contributed by atoms with Crippen LogP contribution in [0.15, 0.2) is 23.2 Å². The lowest BCUT2D eigenvalue weighted by atomic mass is 10.2. The van der Waals surface area contributed by atoms with Gasteiger partial charge < -0.3 is 25.2 Å². The summed E-state index contributed by atoms with van der Waals surface area (Å²) < 4.78 is 10.2. The fourth-order valence-electron chi connectivity index (χ4n) is 1.73. The SMILES string of the molecule is CN=C(NCc1cc(OC)ccc1O)NC(C)COC. The van der Waals surface area contributed by atoms with E-state index in [4.69, 9.17) is 9.47 Å². The minimum Gasteiger partial charge on any atom is -0.508 e. The van der Waals surface area contributed by atoms with Gasteiger partial charge in [0, 0.05) is 32.3 Å². The normalized spacial score (nSPS) is 12.9. The minimum atomic E-state index is 0.144. The molecule has 6 nitrogen and oxygen atoms in total. The number of aromatic hydroxyl groups is 1. The van der Waals surface area contributed by atoms with E-state index in [1.54, 1.807) is 39.5 Å². The zero-order chi connectivity index (χ0) is 15.0. The van der Waals surface area contributed by atoms with Crippen molar-refractivity contribution in [3.05, 3.63) is 23.8 Å². The molecule has 1 unspecified atom stereocenters. The maximum atomic E-state index is 9.81. The Morgan fingerprint density at radius 3 is 2.75 bits per heavy atom. The molecule has 0 aliphatic carbocycles. The molecule has 0 heterocycles. The van der Waals surface area contributed by atoms with Crippen molar-refractivity contribution in [2.75, 3.05) is 27.9 Å². The zero-order valence-corrected chi connectivity index (χ0v) is 12.4. The Morgan fingerprint density at radius 2 is 2.15 bits per heavy atom. The number of guanidine groups is 1. The summed E-state index contributed by atoms with van der Waals surface area (Å²) in [4.78, 5) is 4.12. The molecule has 1 aromatic carbocycles. The lowest BCUT2D eigenvalue weighted by molar-refractivity contribution is 0.179. The molecule has 1 aromatic rings. The first-order valence-electron chi connectivity index (χ1n) is 6.42. The number of nitrogens with zero attached hydrogens (tertiary/aromatic N) is 1. The Balaban J connectivity index is 2.60. The Hall–Kier alpha value is -1.95. The highest BCUT2D eigenvalue weighted by molar-refractivity contribution is 5.80. The van der Waals surface area contributed by atoms with Crippen molar-refractivity contribution >= 4 is 5.96 Å². The Kier molecular flexibility index (Phi) is 6.66. The molecule has 20 heavy (non-hydrogen) atoms. The highest BCUT2D eigenvalue weighted by Crippen LogP contribution is 2.22. The summed E-state index contributed by atoms with van der Waals surface area (Å²) in [7, 11) is 4.94. The summed E-state index contributed by atoms with van der Waals surface area (Å²) in [6.07, 6.45) is 0. The summed E-state index contributed by atoms with van der Waals surface area (Å²) in [6.45, 7) is 3.03. The van der Waals surface area contributed by atoms with Crippen LogP contribution in [0.4, 0.5) is 0 Å². The lowest BCUT2D eigenvalue weighted by Crippen LogP contribution is -2.43. The number of benzene rings is 1. The Labute approximate surface area is 119 Å². The van der Waals surface area contributed by atoms with Gasteiger partial charge in [0.05, 0.1) is 13.7 Å². The molecule has 6 heteroatoms. The van der Waals surface area contributed by atoms with Crippen molar-refractivity contribution in [3.8, 4) is 11.5 Å². The topological polar surface area (TPSA) is 75.1 Å². The van der Waals surface area contributed by atoms with Crippen LogP contribution in [0, 0.1) is 0 Å². The molecule has 0 aliphatic rings. The van der Waals surface area contributed by atoms with Gasteiger partial charge in [-0.15, -0.1) is 0 Å². The Morgan fingerprint density at radius 1 is 1.40 bits per heavy atom. The fourth-order valence-corrected chi connectivity index (χ4v) is 1.73. The van der Waals surface area contributed by atoms with Gasteiger partial charge >= 0.3 is 0 Å². The van der Waals surface area contributed by atoms with Gasteiger partial charge in [0.2, 0.25) is 0 Å². The molecule has 0 radical (unpaired) electrons. The summed E-state index contributed by atoms with van der Waals surface area (Å²) >= 11 is 0.